The van der Waals surface area contributed by atoms with E-state index in [-0.39, 0.29) is 6.54 Å². The van der Waals surface area contributed by atoms with Crippen LogP contribution in [0.1, 0.15) is 10.4 Å². The molecule has 1 aromatic carbocycles. The van der Waals surface area contributed by atoms with Gasteiger partial charge in [0, 0.05) is 5.56 Å². The van der Waals surface area contributed by atoms with Gasteiger partial charge in [-0.1, -0.05) is 0 Å². The van der Waals surface area contributed by atoms with E-state index in [9.17, 15) is 14.0 Å². The van der Waals surface area contributed by atoms with Crippen LogP contribution in [0.5, 0.6) is 0 Å². The minimum Gasteiger partial charge on any atom is -0.344 e. The van der Waals surface area contributed by atoms with Crippen LogP contribution in [0.2, 0.25) is 0 Å². The van der Waals surface area contributed by atoms with E-state index in [4.69, 9.17) is 0 Å². The van der Waals surface area contributed by atoms with E-state index in [2.05, 4.69) is 5.32 Å². The molecule has 0 bridgehead atoms. The topological polar surface area (TPSA) is 46.2 Å². The Morgan fingerprint density at radius 1 is 1.38 bits per heavy atom. The van der Waals surface area contributed by atoms with E-state index < -0.39 is 11.7 Å². The Labute approximate surface area is 74.6 Å². The molecule has 0 aliphatic heterocycles. The van der Waals surface area contributed by atoms with Crippen molar-refractivity contribution in [3.63, 3.8) is 0 Å². The summed E-state index contributed by atoms with van der Waals surface area (Å²) >= 11 is 0. The molecule has 67 valence electrons. The molecule has 0 aliphatic rings. The lowest BCUT2D eigenvalue weighted by Gasteiger charge is -1.99. The highest BCUT2D eigenvalue weighted by molar-refractivity contribution is 5.95. The predicted octanol–water partition coefficient (Wildman–Crippen LogP) is 0.665. The van der Waals surface area contributed by atoms with Gasteiger partial charge in [0.2, 0.25) is 6.29 Å². The van der Waals surface area contributed by atoms with Crippen molar-refractivity contribution >= 4 is 12.2 Å². The van der Waals surface area contributed by atoms with Gasteiger partial charge >= 0.3 is 0 Å². The van der Waals surface area contributed by atoms with Crippen molar-refractivity contribution in [2.24, 2.45) is 0 Å². The molecule has 1 radical (unpaired) electrons. The molecule has 1 rings (SSSR count). The fourth-order valence-electron chi connectivity index (χ4n) is 0.820. The lowest BCUT2D eigenvalue weighted by Crippen LogP contribution is -2.24. The number of benzene rings is 1. The number of halogens is 1. The highest BCUT2D eigenvalue weighted by Crippen LogP contribution is 2.01. The van der Waals surface area contributed by atoms with Gasteiger partial charge in [-0.3, -0.25) is 9.59 Å². The largest absolute Gasteiger partial charge is 0.344 e. The summed E-state index contributed by atoms with van der Waals surface area (Å²) in [6, 6.07) is 5.05. The van der Waals surface area contributed by atoms with Crippen molar-refractivity contribution < 1.29 is 14.0 Å². The molecule has 4 heteroatoms. The maximum Gasteiger partial charge on any atom is 0.251 e. The first kappa shape index (κ1) is 9.38. The Hall–Kier alpha value is -1.71. The van der Waals surface area contributed by atoms with Gasteiger partial charge in [0.25, 0.3) is 5.91 Å². The number of carbonyl (C=O) groups is 1. The quantitative estimate of drug-likeness (QED) is 0.742. The van der Waals surface area contributed by atoms with Gasteiger partial charge in [-0.05, 0) is 24.3 Å². The second-order valence-electron chi connectivity index (χ2n) is 2.33. The third-order valence-electron chi connectivity index (χ3n) is 1.43. The van der Waals surface area contributed by atoms with Gasteiger partial charge in [-0.2, -0.15) is 0 Å². The van der Waals surface area contributed by atoms with Crippen LogP contribution in [0.15, 0.2) is 24.3 Å². The van der Waals surface area contributed by atoms with Crippen LogP contribution in [0.4, 0.5) is 4.39 Å². The third kappa shape index (κ3) is 2.66. The van der Waals surface area contributed by atoms with Gasteiger partial charge in [-0.25, -0.2) is 4.39 Å². The minimum absolute atomic E-state index is 0.157. The van der Waals surface area contributed by atoms with Gasteiger partial charge < -0.3 is 5.32 Å². The zero-order valence-corrected chi connectivity index (χ0v) is 6.71. The van der Waals surface area contributed by atoms with Crippen LogP contribution in [0.3, 0.4) is 0 Å². The molecule has 3 nitrogen and oxygen atoms in total. The molecule has 0 spiro atoms. The molecule has 0 aliphatic carbocycles. The Bertz CT molecular complexity index is 308. The zero-order chi connectivity index (χ0) is 9.68. The van der Waals surface area contributed by atoms with Crippen LogP contribution in [0, 0.1) is 5.82 Å². The summed E-state index contributed by atoms with van der Waals surface area (Å²) in [5.41, 5.74) is 0.316. The molecule has 0 heterocycles. The van der Waals surface area contributed by atoms with Gasteiger partial charge in [0.1, 0.15) is 5.82 Å². The van der Waals surface area contributed by atoms with Crippen molar-refractivity contribution in [1.29, 1.82) is 0 Å². The first-order valence-electron chi connectivity index (χ1n) is 3.63. The molecule has 0 atom stereocenters. The van der Waals surface area contributed by atoms with Gasteiger partial charge in [0.05, 0.1) is 6.54 Å². The molecule has 0 unspecified atom stereocenters. The molecule has 1 N–H and O–H groups in total. The van der Waals surface area contributed by atoms with Crippen LogP contribution in [-0.4, -0.2) is 18.7 Å². The maximum atomic E-state index is 12.4. The lowest BCUT2D eigenvalue weighted by atomic mass is 10.2. The number of rotatable bonds is 3. The number of carbonyl (C=O) groups excluding carboxylic acids is 2. The van der Waals surface area contributed by atoms with E-state index in [1.165, 1.54) is 30.6 Å². The first-order chi connectivity index (χ1) is 6.24. The summed E-state index contributed by atoms with van der Waals surface area (Å²) < 4.78 is 12.4. The van der Waals surface area contributed by atoms with E-state index in [1.807, 2.05) is 0 Å². The van der Waals surface area contributed by atoms with Gasteiger partial charge in [-0.15, -0.1) is 0 Å². The first-order valence-corrected chi connectivity index (χ1v) is 3.63. The van der Waals surface area contributed by atoms with E-state index in [1.54, 1.807) is 0 Å². The second kappa shape index (κ2) is 4.35. The maximum absolute atomic E-state index is 12.4. The number of hydrogen-bond acceptors (Lipinski definition) is 2. The van der Waals surface area contributed by atoms with Crippen molar-refractivity contribution in [2.45, 2.75) is 0 Å². The van der Waals surface area contributed by atoms with Crippen molar-refractivity contribution in [3.05, 3.63) is 35.6 Å². The summed E-state index contributed by atoms with van der Waals surface area (Å²) in [7, 11) is 0. The monoisotopic (exact) mass is 180 g/mol. The minimum atomic E-state index is -0.414. The smallest absolute Gasteiger partial charge is 0.251 e. The second-order valence-corrected chi connectivity index (χ2v) is 2.33. The third-order valence-corrected chi connectivity index (χ3v) is 1.43. The SMILES string of the molecule is O=[C]CNC(=O)c1ccc(F)cc1. The molecular weight excluding hydrogens is 173 g/mol. The summed E-state index contributed by atoms with van der Waals surface area (Å²) in [6.45, 7) is -0.157. The van der Waals surface area contributed by atoms with Crippen LogP contribution in [-0.2, 0) is 4.79 Å². The molecule has 0 saturated carbocycles. The zero-order valence-electron chi connectivity index (χ0n) is 6.71. The Kier molecular flexibility index (Phi) is 3.14. The van der Waals surface area contributed by atoms with Crippen molar-refractivity contribution in [3.8, 4) is 0 Å². The van der Waals surface area contributed by atoms with Crippen molar-refractivity contribution in [1.82, 2.24) is 5.32 Å². The Morgan fingerprint density at radius 2 is 2.00 bits per heavy atom. The van der Waals surface area contributed by atoms with Crippen molar-refractivity contribution in [2.75, 3.05) is 6.54 Å². The fourth-order valence-corrected chi connectivity index (χ4v) is 0.820. The molecule has 0 aromatic heterocycles. The molecule has 1 amide bonds. The molecule has 13 heavy (non-hydrogen) atoms. The summed E-state index contributed by atoms with van der Waals surface area (Å²) in [4.78, 5) is 20.9. The number of amides is 1. The average molecular weight is 180 g/mol. The van der Waals surface area contributed by atoms with Crippen LogP contribution >= 0.6 is 0 Å². The number of hydrogen-bond donors (Lipinski definition) is 1. The Morgan fingerprint density at radius 3 is 2.54 bits per heavy atom. The normalized spacial score (nSPS) is 9.31. The summed E-state index contributed by atoms with van der Waals surface area (Å²) in [5.74, 6) is -0.818. The summed E-state index contributed by atoms with van der Waals surface area (Å²) in [5, 5.41) is 2.28. The van der Waals surface area contributed by atoms with E-state index >= 15 is 0 Å². The number of nitrogens with one attached hydrogen (secondary N) is 1. The molecule has 1 aromatic rings. The van der Waals surface area contributed by atoms with E-state index in [0.717, 1.165) is 0 Å². The summed E-state index contributed by atoms with van der Waals surface area (Å²) in [6.07, 6.45) is 1.52. The molecular formula is C9H7FNO2. The standard InChI is InChI=1S/C9H7FNO2/c10-8-3-1-7(2-4-8)9(13)11-5-6-12/h1-4H,5H2,(H,11,13). The average Bonchev–Trinajstić information content (AvgIpc) is 2.15. The van der Waals surface area contributed by atoms with Crippen LogP contribution < -0.4 is 5.32 Å². The Balaban J connectivity index is 2.66. The predicted molar refractivity (Wildman–Crippen MR) is 44.4 cm³/mol. The fraction of sp³-hybridized carbons (Fsp3) is 0.111. The van der Waals surface area contributed by atoms with Gasteiger partial charge in [0.15, 0.2) is 0 Å². The molecule has 0 saturated heterocycles. The van der Waals surface area contributed by atoms with Crippen LogP contribution in [0.25, 0.3) is 0 Å². The lowest BCUT2D eigenvalue weighted by molar-refractivity contribution is 0.0959. The highest BCUT2D eigenvalue weighted by atomic mass is 19.1. The molecule has 0 fully saturated rings. The highest BCUT2D eigenvalue weighted by Gasteiger charge is 2.03. The van der Waals surface area contributed by atoms with E-state index in [0.29, 0.717) is 5.56 Å².